The van der Waals surface area contributed by atoms with Crippen molar-refractivity contribution < 1.29 is 5.11 Å². The molecule has 6 nitrogen and oxygen atoms in total. The molecule has 7 heteroatoms. The van der Waals surface area contributed by atoms with Gasteiger partial charge < -0.3 is 5.11 Å². The van der Waals surface area contributed by atoms with Crippen LogP contribution in [0.4, 0.5) is 0 Å². The topological polar surface area (TPSA) is 76.2 Å². The lowest BCUT2D eigenvalue weighted by molar-refractivity contribution is 0.322. The minimum absolute atomic E-state index is 0.0881. The fourth-order valence-corrected chi connectivity index (χ4v) is 3.06. The first-order chi connectivity index (χ1) is 11.4. The number of hydrogen-bond donors (Lipinski definition) is 1. The summed E-state index contributed by atoms with van der Waals surface area (Å²) in [5.74, 6) is 1.17. The highest BCUT2D eigenvalue weighted by Gasteiger charge is 2.14. The Morgan fingerprint density at radius 3 is 2.83 bits per heavy atom. The van der Waals surface area contributed by atoms with Gasteiger partial charge in [0.2, 0.25) is 0 Å². The second-order valence-corrected chi connectivity index (χ2v) is 5.96. The van der Waals surface area contributed by atoms with Gasteiger partial charge in [-0.3, -0.25) is 4.98 Å². The molecule has 0 aliphatic carbocycles. The number of aromatic nitrogens is 5. The number of fused-ring (bicyclic) bond motifs is 3. The number of aliphatic hydroxyl groups excluding tert-OH is 1. The molecule has 0 aliphatic heterocycles. The van der Waals surface area contributed by atoms with E-state index in [-0.39, 0.29) is 6.61 Å². The van der Waals surface area contributed by atoms with Crippen LogP contribution in [0.15, 0.2) is 53.9 Å². The molecule has 0 aliphatic rings. The Morgan fingerprint density at radius 1 is 1.09 bits per heavy atom. The largest absolute Gasteiger partial charge is 0.396 e. The Morgan fingerprint density at radius 2 is 2.00 bits per heavy atom. The van der Waals surface area contributed by atoms with Crippen molar-refractivity contribution >= 4 is 28.3 Å². The summed E-state index contributed by atoms with van der Waals surface area (Å²) in [6.45, 7) is 0.0881. The standard InChI is InChI=1S/C16H13N5OS/c22-8-9-23-16-18-13-6-2-1-5-12(13)15-19-14(20-21(15)16)11-4-3-7-17-10-11/h1-7,10,22H,8-9H2. The van der Waals surface area contributed by atoms with Gasteiger partial charge in [-0.15, -0.1) is 5.10 Å². The smallest absolute Gasteiger partial charge is 0.191 e. The molecule has 0 saturated heterocycles. The maximum absolute atomic E-state index is 9.09. The van der Waals surface area contributed by atoms with Gasteiger partial charge in [-0.25, -0.2) is 9.97 Å². The predicted octanol–water partition coefficient (Wildman–Crippen LogP) is 2.42. The molecule has 0 fully saturated rings. The molecule has 0 bridgehead atoms. The summed E-state index contributed by atoms with van der Waals surface area (Å²) in [5.41, 5.74) is 2.49. The van der Waals surface area contributed by atoms with Crippen molar-refractivity contribution in [3.05, 3.63) is 48.8 Å². The van der Waals surface area contributed by atoms with Crippen molar-refractivity contribution in [2.45, 2.75) is 5.16 Å². The zero-order chi connectivity index (χ0) is 15.6. The van der Waals surface area contributed by atoms with Crippen LogP contribution in [0.2, 0.25) is 0 Å². The highest BCUT2D eigenvalue weighted by atomic mass is 32.2. The molecular formula is C16H13N5OS. The van der Waals surface area contributed by atoms with Gasteiger partial charge in [0, 0.05) is 29.1 Å². The molecule has 114 valence electrons. The molecule has 1 aromatic carbocycles. The zero-order valence-electron chi connectivity index (χ0n) is 12.1. The molecule has 0 spiro atoms. The molecule has 1 N–H and O–H groups in total. The summed E-state index contributed by atoms with van der Waals surface area (Å²) >= 11 is 1.46. The molecule has 0 radical (unpaired) electrons. The van der Waals surface area contributed by atoms with E-state index in [1.807, 2.05) is 36.4 Å². The fraction of sp³-hybridized carbons (Fsp3) is 0.125. The van der Waals surface area contributed by atoms with Crippen molar-refractivity contribution in [3.8, 4) is 11.4 Å². The van der Waals surface area contributed by atoms with Crippen LogP contribution < -0.4 is 0 Å². The van der Waals surface area contributed by atoms with E-state index in [2.05, 4.69) is 20.1 Å². The third kappa shape index (κ3) is 2.54. The maximum atomic E-state index is 9.09. The van der Waals surface area contributed by atoms with Crippen molar-refractivity contribution in [3.63, 3.8) is 0 Å². The normalized spacial score (nSPS) is 11.3. The van der Waals surface area contributed by atoms with Gasteiger partial charge in [0.05, 0.1) is 12.1 Å². The number of benzene rings is 1. The molecule has 3 aromatic heterocycles. The second kappa shape index (κ2) is 5.94. The lowest BCUT2D eigenvalue weighted by Gasteiger charge is -2.04. The van der Waals surface area contributed by atoms with E-state index in [1.54, 1.807) is 16.9 Å². The number of para-hydroxylation sites is 1. The van der Waals surface area contributed by atoms with Gasteiger partial charge in [-0.1, -0.05) is 23.9 Å². The van der Waals surface area contributed by atoms with Crippen LogP contribution in [0.25, 0.3) is 27.9 Å². The van der Waals surface area contributed by atoms with Crippen molar-refractivity contribution in [2.24, 2.45) is 0 Å². The Bertz CT molecular complexity index is 970. The third-order valence-electron chi connectivity index (χ3n) is 3.39. The van der Waals surface area contributed by atoms with Crippen LogP contribution in [-0.4, -0.2) is 42.0 Å². The van der Waals surface area contributed by atoms with E-state index in [0.29, 0.717) is 11.6 Å². The number of nitrogens with zero attached hydrogens (tertiary/aromatic N) is 5. The van der Waals surface area contributed by atoms with Gasteiger partial charge in [0.1, 0.15) is 0 Å². The maximum Gasteiger partial charge on any atom is 0.191 e. The summed E-state index contributed by atoms with van der Waals surface area (Å²) < 4.78 is 1.74. The quantitative estimate of drug-likeness (QED) is 0.459. The highest BCUT2D eigenvalue weighted by molar-refractivity contribution is 7.99. The van der Waals surface area contributed by atoms with Crippen LogP contribution in [0.1, 0.15) is 0 Å². The van der Waals surface area contributed by atoms with Crippen LogP contribution in [-0.2, 0) is 0 Å². The Labute approximate surface area is 136 Å². The number of aliphatic hydroxyl groups is 1. The molecule has 4 aromatic rings. The van der Waals surface area contributed by atoms with E-state index < -0.39 is 0 Å². The fourth-order valence-electron chi connectivity index (χ4n) is 2.38. The van der Waals surface area contributed by atoms with Crippen LogP contribution in [0.3, 0.4) is 0 Å². The average Bonchev–Trinajstić information content (AvgIpc) is 3.06. The summed E-state index contributed by atoms with van der Waals surface area (Å²) in [6.07, 6.45) is 3.46. The van der Waals surface area contributed by atoms with Crippen LogP contribution in [0, 0.1) is 0 Å². The first kappa shape index (κ1) is 14.1. The summed E-state index contributed by atoms with van der Waals surface area (Å²) in [7, 11) is 0. The summed E-state index contributed by atoms with van der Waals surface area (Å²) in [4.78, 5) is 13.4. The van der Waals surface area contributed by atoms with E-state index >= 15 is 0 Å². The molecule has 3 heterocycles. The molecule has 0 unspecified atom stereocenters. The molecule has 23 heavy (non-hydrogen) atoms. The number of pyridine rings is 1. The zero-order valence-corrected chi connectivity index (χ0v) is 12.9. The second-order valence-electron chi connectivity index (χ2n) is 4.90. The lowest BCUT2D eigenvalue weighted by Crippen LogP contribution is -1.99. The van der Waals surface area contributed by atoms with Gasteiger partial charge >= 0.3 is 0 Å². The molecule has 0 atom stereocenters. The van der Waals surface area contributed by atoms with Crippen molar-refractivity contribution in [1.29, 1.82) is 0 Å². The SMILES string of the molecule is OCCSc1nc2ccccc2c2nc(-c3cccnc3)nn12. The van der Waals surface area contributed by atoms with Gasteiger partial charge in [-0.05, 0) is 24.3 Å². The molecular weight excluding hydrogens is 310 g/mol. The summed E-state index contributed by atoms with van der Waals surface area (Å²) in [6, 6.07) is 11.6. The number of rotatable bonds is 4. The lowest BCUT2D eigenvalue weighted by atomic mass is 10.2. The first-order valence-electron chi connectivity index (χ1n) is 7.16. The molecule has 4 rings (SSSR count). The first-order valence-corrected chi connectivity index (χ1v) is 8.15. The monoisotopic (exact) mass is 323 g/mol. The van der Waals surface area contributed by atoms with Crippen LogP contribution >= 0.6 is 11.8 Å². The average molecular weight is 323 g/mol. The van der Waals surface area contributed by atoms with Gasteiger partial charge in [0.15, 0.2) is 16.6 Å². The Hall–Kier alpha value is -2.51. The molecule has 0 saturated carbocycles. The molecule has 0 amide bonds. The summed E-state index contributed by atoms with van der Waals surface area (Å²) in [5, 5.41) is 15.3. The van der Waals surface area contributed by atoms with E-state index in [0.717, 1.165) is 27.3 Å². The highest BCUT2D eigenvalue weighted by Crippen LogP contribution is 2.25. The van der Waals surface area contributed by atoms with Gasteiger partial charge in [-0.2, -0.15) is 4.52 Å². The van der Waals surface area contributed by atoms with Gasteiger partial charge in [0.25, 0.3) is 0 Å². The van der Waals surface area contributed by atoms with Crippen molar-refractivity contribution in [1.82, 2.24) is 24.6 Å². The van der Waals surface area contributed by atoms with Crippen LogP contribution in [0.5, 0.6) is 0 Å². The minimum atomic E-state index is 0.0881. The third-order valence-corrected chi connectivity index (χ3v) is 4.30. The van der Waals surface area contributed by atoms with Crippen molar-refractivity contribution in [2.75, 3.05) is 12.4 Å². The van der Waals surface area contributed by atoms with E-state index in [9.17, 15) is 0 Å². The number of thioether (sulfide) groups is 1. The Kier molecular flexibility index (Phi) is 3.64. The van der Waals surface area contributed by atoms with E-state index in [1.165, 1.54) is 11.8 Å². The minimum Gasteiger partial charge on any atom is -0.396 e. The van der Waals surface area contributed by atoms with E-state index in [4.69, 9.17) is 5.11 Å². The predicted molar refractivity (Wildman–Crippen MR) is 89.3 cm³/mol. The Balaban J connectivity index is 1.98. The number of hydrogen-bond acceptors (Lipinski definition) is 6.